The first-order valence-electron chi connectivity index (χ1n) is 5.12. The van der Waals surface area contributed by atoms with Crippen LogP contribution in [0.15, 0.2) is 42.5 Å². The van der Waals surface area contributed by atoms with E-state index in [1.54, 1.807) is 18.2 Å². The van der Waals surface area contributed by atoms with Gasteiger partial charge in [-0.3, -0.25) is 4.79 Å². The van der Waals surface area contributed by atoms with Crippen molar-refractivity contribution < 1.29 is 9.90 Å². The number of anilines is 1. The van der Waals surface area contributed by atoms with E-state index < -0.39 is 0 Å². The standard InChI is InChI=1S/C13H9ClINO2/c14-10-7-8(5-6-12(10)17)16-13(18)9-3-1-2-4-11(9)15/h1-7,17H,(H,16,18). The second-order valence-corrected chi connectivity index (χ2v) is 5.17. The molecule has 2 aromatic rings. The number of amides is 1. The minimum absolute atomic E-state index is 0.0102. The van der Waals surface area contributed by atoms with E-state index in [1.807, 2.05) is 12.1 Å². The molecule has 2 N–H and O–H groups in total. The van der Waals surface area contributed by atoms with Crippen LogP contribution in [-0.2, 0) is 0 Å². The van der Waals surface area contributed by atoms with Crippen LogP contribution in [0.5, 0.6) is 5.75 Å². The lowest BCUT2D eigenvalue weighted by molar-refractivity contribution is 0.102. The lowest BCUT2D eigenvalue weighted by Gasteiger charge is -2.07. The highest BCUT2D eigenvalue weighted by Gasteiger charge is 2.10. The van der Waals surface area contributed by atoms with Crippen LogP contribution >= 0.6 is 34.2 Å². The molecule has 0 radical (unpaired) electrons. The Bertz CT molecular complexity index is 601. The van der Waals surface area contributed by atoms with Gasteiger partial charge in [0.25, 0.3) is 5.91 Å². The van der Waals surface area contributed by atoms with Gasteiger partial charge in [0, 0.05) is 9.26 Å². The van der Waals surface area contributed by atoms with Crippen molar-refractivity contribution in [3.8, 4) is 5.75 Å². The van der Waals surface area contributed by atoms with Crippen LogP contribution in [0.1, 0.15) is 10.4 Å². The monoisotopic (exact) mass is 373 g/mol. The van der Waals surface area contributed by atoms with Crippen molar-refractivity contribution in [3.05, 3.63) is 56.6 Å². The SMILES string of the molecule is O=C(Nc1ccc(O)c(Cl)c1)c1ccccc1I. The Morgan fingerprint density at radius 1 is 1.22 bits per heavy atom. The van der Waals surface area contributed by atoms with E-state index in [9.17, 15) is 9.90 Å². The highest BCUT2D eigenvalue weighted by molar-refractivity contribution is 14.1. The van der Waals surface area contributed by atoms with Crippen LogP contribution in [0.3, 0.4) is 0 Å². The third-order valence-corrected chi connectivity index (χ3v) is 3.57. The number of benzene rings is 2. The third kappa shape index (κ3) is 2.94. The fraction of sp³-hybridized carbons (Fsp3) is 0. The van der Waals surface area contributed by atoms with Gasteiger partial charge in [-0.1, -0.05) is 23.7 Å². The smallest absolute Gasteiger partial charge is 0.256 e. The summed E-state index contributed by atoms with van der Waals surface area (Å²) in [4.78, 5) is 12.0. The van der Waals surface area contributed by atoms with Gasteiger partial charge < -0.3 is 10.4 Å². The Kier molecular flexibility index (Phi) is 4.08. The maximum atomic E-state index is 12.0. The van der Waals surface area contributed by atoms with Crippen LogP contribution in [0, 0.1) is 3.57 Å². The molecular formula is C13H9ClINO2. The molecule has 1 amide bonds. The summed E-state index contributed by atoms with van der Waals surface area (Å²) in [5.74, 6) is -0.217. The number of halogens is 2. The van der Waals surface area contributed by atoms with E-state index in [0.717, 1.165) is 3.57 Å². The molecule has 0 bridgehead atoms. The minimum atomic E-state index is -0.207. The maximum Gasteiger partial charge on any atom is 0.256 e. The zero-order valence-electron chi connectivity index (χ0n) is 9.15. The van der Waals surface area contributed by atoms with Crippen molar-refractivity contribution in [2.45, 2.75) is 0 Å². The number of rotatable bonds is 2. The Morgan fingerprint density at radius 3 is 2.61 bits per heavy atom. The Hall–Kier alpha value is -1.27. The molecular weight excluding hydrogens is 365 g/mol. The molecule has 0 saturated heterocycles. The first kappa shape index (κ1) is 13.2. The molecule has 18 heavy (non-hydrogen) atoms. The second kappa shape index (κ2) is 5.58. The number of carbonyl (C=O) groups excluding carboxylic acids is 1. The normalized spacial score (nSPS) is 10.1. The van der Waals surface area contributed by atoms with Crippen LogP contribution in [0.2, 0.25) is 5.02 Å². The number of carbonyl (C=O) groups is 1. The average Bonchev–Trinajstić information content (AvgIpc) is 2.34. The first-order valence-corrected chi connectivity index (χ1v) is 6.58. The van der Waals surface area contributed by atoms with Crippen molar-refractivity contribution in [2.24, 2.45) is 0 Å². The molecule has 3 nitrogen and oxygen atoms in total. The first-order chi connectivity index (χ1) is 8.58. The fourth-order valence-corrected chi connectivity index (χ4v) is 2.24. The van der Waals surface area contributed by atoms with Gasteiger partial charge >= 0.3 is 0 Å². The molecule has 2 rings (SSSR count). The molecule has 0 unspecified atom stereocenters. The number of phenols is 1. The third-order valence-electron chi connectivity index (χ3n) is 2.32. The molecule has 0 atom stereocenters. The average molecular weight is 374 g/mol. The van der Waals surface area contributed by atoms with Crippen molar-refractivity contribution in [3.63, 3.8) is 0 Å². The highest BCUT2D eigenvalue weighted by atomic mass is 127. The Labute approximate surface area is 123 Å². The van der Waals surface area contributed by atoms with Crippen LogP contribution in [0.25, 0.3) is 0 Å². The number of hydrogen-bond acceptors (Lipinski definition) is 2. The second-order valence-electron chi connectivity index (χ2n) is 3.60. The van der Waals surface area contributed by atoms with Gasteiger partial charge in [-0.05, 0) is 52.9 Å². The molecule has 0 aromatic heterocycles. The van der Waals surface area contributed by atoms with E-state index in [4.69, 9.17) is 11.6 Å². The quantitative estimate of drug-likeness (QED) is 0.619. The van der Waals surface area contributed by atoms with Gasteiger partial charge in [0.05, 0.1) is 10.6 Å². The van der Waals surface area contributed by atoms with Gasteiger partial charge in [-0.25, -0.2) is 0 Å². The van der Waals surface area contributed by atoms with Gasteiger partial charge in [0.15, 0.2) is 0 Å². The van der Waals surface area contributed by atoms with E-state index in [2.05, 4.69) is 27.9 Å². The van der Waals surface area contributed by atoms with Gasteiger partial charge in [0.1, 0.15) is 5.75 Å². The summed E-state index contributed by atoms with van der Waals surface area (Å²) in [6, 6.07) is 11.8. The van der Waals surface area contributed by atoms with E-state index in [0.29, 0.717) is 11.3 Å². The Morgan fingerprint density at radius 2 is 1.94 bits per heavy atom. The molecule has 0 aliphatic rings. The topological polar surface area (TPSA) is 49.3 Å². The minimum Gasteiger partial charge on any atom is -0.506 e. The lowest BCUT2D eigenvalue weighted by atomic mass is 10.2. The molecule has 2 aromatic carbocycles. The molecule has 92 valence electrons. The molecule has 5 heteroatoms. The van der Waals surface area contributed by atoms with Crippen molar-refractivity contribution in [2.75, 3.05) is 5.32 Å². The van der Waals surface area contributed by atoms with E-state index in [1.165, 1.54) is 12.1 Å². The number of hydrogen-bond donors (Lipinski definition) is 2. The number of aromatic hydroxyl groups is 1. The summed E-state index contributed by atoms with van der Waals surface area (Å²) in [6.07, 6.45) is 0. The number of phenolic OH excluding ortho intramolecular Hbond substituents is 1. The van der Waals surface area contributed by atoms with Crippen molar-refractivity contribution in [1.29, 1.82) is 0 Å². The largest absolute Gasteiger partial charge is 0.506 e. The van der Waals surface area contributed by atoms with Gasteiger partial charge in [0.2, 0.25) is 0 Å². The van der Waals surface area contributed by atoms with Gasteiger partial charge in [-0.2, -0.15) is 0 Å². The predicted molar refractivity (Wildman–Crippen MR) is 80.2 cm³/mol. The van der Waals surface area contributed by atoms with E-state index >= 15 is 0 Å². The van der Waals surface area contributed by atoms with Gasteiger partial charge in [-0.15, -0.1) is 0 Å². The summed E-state index contributed by atoms with van der Waals surface area (Å²) in [6.45, 7) is 0. The highest BCUT2D eigenvalue weighted by Crippen LogP contribution is 2.26. The summed E-state index contributed by atoms with van der Waals surface area (Å²) < 4.78 is 0.873. The molecule has 0 saturated carbocycles. The fourth-order valence-electron chi connectivity index (χ4n) is 1.43. The van der Waals surface area contributed by atoms with Crippen molar-refractivity contribution >= 4 is 45.8 Å². The summed E-state index contributed by atoms with van der Waals surface area (Å²) in [7, 11) is 0. The summed E-state index contributed by atoms with van der Waals surface area (Å²) in [5, 5.41) is 12.2. The Balaban J connectivity index is 2.22. The van der Waals surface area contributed by atoms with Crippen molar-refractivity contribution in [1.82, 2.24) is 0 Å². The maximum absolute atomic E-state index is 12.0. The van der Waals surface area contributed by atoms with Crippen LogP contribution in [-0.4, -0.2) is 11.0 Å². The molecule has 0 aliphatic carbocycles. The predicted octanol–water partition coefficient (Wildman–Crippen LogP) is 3.90. The molecule has 0 fully saturated rings. The van der Waals surface area contributed by atoms with Crippen LogP contribution in [0.4, 0.5) is 5.69 Å². The zero-order valence-corrected chi connectivity index (χ0v) is 12.1. The lowest BCUT2D eigenvalue weighted by Crippen LogP contribution is -2.13. The van der Waals surface area contributed by atoms with E-state index in [-0.39, 0.29) is 16.7 Å². The molecule has 0 spiro atoms. The zero-order chi connectivity index (χ0) is 13.1. The van der Waals surface area contributed by atoms with Crippen LogP contribution < -0.4 is 5.32 Å². The molecule has 0 heterocycles. The summed E-state index contributed by atoms with van der Waals surface area (Å²) in [5.41, 5.74) is 1.14. The number of nitrogens with one attached hydrogen (secondary N) is 1. The summed E-state index contributed by atoms with van der Waals surface area (Å²) >= 11 is 7.88. The molecule has 0 aliphatic heterocycles.